The second-order valence-electron chi connectivity index (χ2n) is 25.5. The highest BCUT2D eigenvalue weighted by Crippen LogP contribution is 2.76. The number of hydrogen-bond acceptors (Lipinski definition) is 24. The zero-order valence-corrected chi connectivity index (χ0v) is 45.3. The van der Waals surface area contributed by atoms with Crippen molar-refractivity contribution in [2.24, 2.45) is 45.3 Å². The Morgan fingerprint density at radius 3 is 1.82 bits per heavy atom. The van der Waals surface area contributed by atoms with E-state index in [1.807, 2.05) is 6.92 Å². The molecule has 4 aliphatic heterocycles. The van der Waals surface area contributed by atoms with Crippen molar-refractivity contribution >= 4 is 0 Å². The molecule has 0 bridgehead atoms. The van der Waals surface area contributed by atoms with Crippen LogP contribution in [0.5, 0.6) is 0 Å². The molecule has 24 nitrogen and oxygen atoms in total. The lowest BCUT2D eigenvalue weighted by Gasteiger charge is -2.71. The molecular weight excluding hydrogens is 1020 g/mol. The van der Waals surface area contributed by atoms with Crippen molar-refractivity contribution < 1.29 is 120 Å². The maximum Gasteiger partial charge on any atom is 0.187 e. The van der Waals surface area contributed by atoms with E-state index in [-0.39, 0.29) is 48.0 Å². The van der Waals surface area contributed by atoms with Crippen molar-refractivity contribution in [3.05, 3.63) is 12.2 Å². The summed E-state index contributed by atoms with van der Waals surface area (Å²) >= 11 is 0. The van der Waals surface area contributed by atoms with Crippen LogP contribution in [0.15, 0.2) is 12.2 Å². The molecular formula is C53H90O24. The molecule has 77 heavy (non-hydrogen) atoms. The van der Waals surface area contributed by atoms with Crippen molar-refractivity contribution in [2.75, 3.05) is 26.4 Å². The zero-order chi connectivity index (χ0) is 56.6. The highest BCUT2D eigenvalue weighted by atomic mass is 17.1. The molecule has 15 N–H and O–H groups in total. The van der Waals surface area contributed by atoms with Gasteiger partial charge in [0.2, 0.25) is 0 Å². The van der Waals surface area contributed by atoms with Gasteiger partial charge in [0.05, 0.1) is 44.2 Å². The summed E-state index contributed by atoms with van der Waals surface area (Å²) in [6.45, 7) is 16.4. The molecule has 24 unspecified atom stereocenters. The van der Waals surface area contributed by atoms with Gasteiger partial charge in [-0.15, -0.1) is 0 Å². The van der Waals surface area contributed by atoms with Crippen molar-refractivity contribution in [1.29, 1.82) is 0 Å². The third-order valence-corrected chi connectivity index (χ3v) is 20.9. The van der Waals surface area contributed by atoms with Gasteiger partial charge in [-0.1, -0.05) is 41.2 Å². The van der Waals surface area contributed by atoms with E-state index in [0.717, 1.165) is 12.8 Å². The Hall–Kier alpha value is -1.22. The molecule has 0 aromatic heterocycles. The first kappa shape index (κ1) is 61.8. The molecule has 4 saturated carbocycles. The van der Waals surface area contributed by atoms with Gasteiger partial charge in [0, 0.05) is 0 Å². The van der Waals surface area contributed by atoms with Crippen LogP contribution in [0.25, 0.3) is 0 Å². The smallest absolute Gasteiger partial charge is 0.187 e. The molecule has 30 atom stereocenters. The molecule has 0 aromatic carbocycles. The van der Waals surface area contributed by atoms with Crippen molar-refractivity contribution in [1.82, 2.24) is 0 Å². The Morgan fingerprint density at radius 1 is 0.623 bits per heavy atom. The quantitative estimate of drug-likeness (QED) is 0.0321. The first-order valence-electron chi connectivity index (χ1n) is 27.6. The molecule has 8 rings (SSSR count). The Morgan fingerprint density at radius 2 is 1.19 bits per heavy atom. The van der Waals surface area contributed by atoms with Gasteiger partial charge >= 0.3 is 0 Å². The second kappa shape index (κ2) is 23.4. The summed E-state index contributed by atoms with van der Waals surface area (Å²) < 4.78 is 48.6. The standard InChI is InChI=1S/C53H90O24/c1-22(2)26(77-68)10-16-53(8,76-47-43(67)39(63)37(61)29(73-47)21-70-45-41(65)34(58)25(57)20-69-45)23-9-14-52(7)33(23)24(56)17-31-50(5)13-12-32(49(3,4)30(50)11-15-51(31,52)6)74-48-44(40(64)36(60)28(19-55)72-48)75-46-42(66)38(62)35(59)27(18-54)71-46/h23-48,54-68H,1,9-21H2,2-8H3/t23?,24-,25?,26?,27?,28?,29?,30?,31?,32+,33?,34?,35?,36?,37?,38?,39?,40?,41?,42?,43?,44?,45?,46?,47?,48?,50+,51-,52-,53+/m1/s1. The van der Waals surface area contributed by atoms with Crippen LogP contribution >= 0.6 is 0 Å². The van der Waals surface area contributed by atoms with E-state index in [0.29, 0.717) is 37.7 Å². The first-order chi connectivity index (χ1) is 36.0. The minimum Gasteiger partial charge on any atom is -0.394 e. The van der Waals surface area contributed by atoms with Crippen LogP contribution in [-0.2, 0) is 42.8 Å². The maximum atomic E-state index is 12.9. The molecule has 24 heteroatoms. The Labute approximate surface area is 449 Å². The SMILES string of the molecule is C=C(C)C(CC[C@](C)(OC1OC(COC2OCC(O)C(O)C2O)C(O)C(O)C1O)C1CC[C@]2(C)C1[C@H](O)CC1[C@@]3(C)CC[C@H](OC4OC(CO)C(O)C(O)C4OC4OC(CO)C(O)C(O)C4O)C(C)(C)C3CC[C@]12C)OO. The van der Waals surface area contributed by atoms with Crippen molar-refractivity contribution in [3.63, 3.8) is 0 Å². The molecule has 4 aliphatic carbocycles. The summed E-state index contributed by atoms with van der Waals surface area (Å²) in [5.41, 5.74) is -2.50. The molecule has 4 saturated heterocycles. The monoisotopic (exact) mass is 1110 g/mol. The summed E-state index contributed by atoms with van der Waals surface area (Å²) in [6, 6.07) is 0. The number of ether oxygens (including phenoxy) is 8. The van der Waals surface area contributed by atoms with E-state index < -0.39 is 177 Å². The number of aliphatic hydroxyl groups is 14. The number of hydrogen-bond donors (Lipinski definition) is 15. The lowest BCUT2D eigenvalue weighted by atomic mass is 9.35. The molecule has 0 radical (unpaired) electrons. The topological polar surface area (TPSA) is 387 Å². The first-order valence-corrected chi connectivity index (χ1v) is 27.6. The Bertz CT molecular complexity index is 1990. The van der Waals surface area contributed by atoms with Crippen LogP contribution in [0.3, 0.4) is 0 Å². The van der Waals surface area contributed by atoms with Crippen LogP contribution in [0.2, 0.25) is 0 Å². The number of aliphatic hydroxyl groups excluding tert-OH is 14. The van der Waals surface area contributed by atoms with Gasteiger partial charge in [0.15, 0.2) is 25.2 Å². The van der Waals surface area contributed by atoms with Crippen molar-refractivity contribution in [3.8, 4) is 0 Å². The lowest BCUT2D eigenvalue weighted by Crippen LogP contribution is -2.68. The molecule has 0 aromatic rings. The van der Waals surface area contributed by atoms with Crippen LogP contribution < -0.4 is 0 Å². The fraction of sp³-hybridized carbons (Fsp3) is 0.962. The summed E-state index contributed by atoms with van der Waals surface area (Å²) in [7, 11) is 0. The van der Waals surface area contributed by atoms with Crippen LogP contribution in [-0.4, -0.2) is 244 Å². The van der Waals surface area contributed by atoms with Gasteiger partial charge in [-0.25, -0.2) is 4.89 Å². The van der Waals surface area contributed by atoms with Crippen LogP contribution in [0.4, 0.5) is 0 Å². The third kappa shape index (κ3) is 10.9. The molecule has 446 valence electrons. The molecule has 8 aliphatic rings. The predicted molar refractivity (Wildman–Crippen MR) is 263 cm³/mol. The predicted octanol–water partition coefficient (Wildman–Crippen LogP) is -2.10. The van der Waals surface area contributed by atoms with E-state index in [2.05, 4.69) is 41.2 Å². The average molecular weight is 1110 g/mol. The summed E-state index contributed by atoms with van der Waals surface area (Å²) in [6.07, 6.45) is -27.5. The maximum absolute atomic E-state index is 12.9. The zero-order valence-electron chi connectivity index (χ0n) is 45.3. The molecule has 0 amide bonds. The van der Waals surface area contributed by atoms with E-state index in [9.17, 15) is 76.7 Å². The van der Waals surface area contributed by atoms with Gasteiger partial charge in [-0.3, -0.25) is 5.26 Å². The molecule has 4 heterocycles. The van der Waals surface area contributed by atoms with Gasteiger partial charge in [-0.2, -0.15) is 0 Å². The minimum atomic E-state index is -1.83. The highest BCUT2D eigenvalue weighted by Gasteiger charge is 2.72. The number of fused-ring (bicyclic) bond motifs is 5. The Kier molecular flexibility index (Phi) is 18.8. The van der Waals surface area contributed by atoms with Crippen LogP contribution in [0, 0.1) is 45.3 Å². The average Bonchev–Trinajstić information content (AvgIpc) is 4.03. The van der Waals surface area contributed by atoms with E-state index in [4.69, 9.17) is 42.8 Å². The molecule has 8 fully saturated rings. The normalized spacial score (nSPS) is 52.2. The summed E-state index contributed by atoms with van der Waals surface area (Å²) in [5, 5.41) is 161. The Balaban J connectivity index is 1.02. The lowest BCUT2D eigenvalue weighted by molar-refractivity contribution is -0.378. The van der Waals surface area contributed by atoms with E-state index in [1.54, 1.807) is 6.92 Å². The van der Waals surface area contributed by atoms with Gasteiger partial charge < -0.3 is 109 Å². The fourth-order valence-corrected chi connectivity index (χ4v) is 16.1. The number of rotatable bonds is 17. The summed E-state index contributed by atoms with van der Waals surface area (Å²) in [4.78, 5) is 4.85. The highest BCUT2D eigenvalue weighted by molar-refractivity contribution is 5.20. The van der Waals surface area contributed by atoms with Crippen molar-refractivity contribution in [2.45, 2.75) is 247 Å². The second-order valence-corrected chi connectivity index (χ2v) is 25.5. The van der Waals surface area contributed by atoms with Gasteiger partial charge in [-0.05, 0) is 123 Å². The fourth-order valence-electron chi connectivity index (χ4n) is 16.1. The largest absolute Gasteiger partial charge is 0.394 e. The van der Waals surface area contributed by atoms with E-state index in [1.165, 1.54) is 0 Å². The van der Waals surface area contributed by atoms with E-state index >= 15 is 0 Å². The minimum absolute atomic E-state index is 0.00685. The van der Waals surface area contributed by atoms with Gasteiger partial charge in [0.1, 0.15) is 97.7 Å². The van der Waals surface area contributed by atoms with Gasteiger partial charge in [0.25, 0.3) is 0 Å². The van der Waals surface area contributed by atoms with Crippen LogP contribution in [0.1, 0.15) is 106 Å². The molecule has 0 spiro atoms. The summed E-state index contributed by atoms with van der Waals surface area (Å²) in [5.74, 6) is -0.762. The third-order valence-electron chi connectivity index (χ3n) is 20.9.